The SMILES string of the molecule is Cc1cccc(-c2ccc(-n3c4ccccc4c4cc(-c5cc6c7c(c5)N(c5ccccc5)c5ccccc5B7c5ccccc5N6c5ccccc5)ccc43)c(-c3cccc(C(F)(F)F)c3)c2)c1. The zero-order valence-corrected chi connectivity index (χ0v) is 37.5. The van der Waals surface area contributed by atoms with Crippen LogP contribution < -0.4 is 26.2 Å². The monoisotopic (exact) mass is 895 g/mol. The van der Waals surface area contributed by atoms with E-state index in [0.717, 1.165) is 95.5 Å². The summed E-state index contributed by atoms with van der Waals surface area (Å²) in [5.41, 5.74) is 18.8. The third kappa shape index (κ3) is 6.60. The molecule has 0 radical (unpaired) electrons. The van der Waals surface area contributed by atoms with Crippen LogP contribution in [0, 0.1) is 6.92 Å². The van der Waals surface area contributed by atoms with Crippen molar-refractivity contribution >= 4 is 79.0 Å². The molecule has 13 rings (SSSR count). The molecule has 0 saturated heterocycles. The summed E-state index contributed by atoms with van der Waals surface area (Å²) in [5, 5.41) is 2.09. The van der Waals surface area contributed by atoms with Gasteiger partial charge < -0.3 is 14.4 Å². The second kappa shape index (κ2) is 15.8. The van der Waals surface area contributed by atoms with Crippen LogP contribution in [-0.4, -0.2) is 11.3 Å². The summed E-state index contributed by atoms with van der Waals surface area (Å²) in [6.45, 7) is 2.05. The zero-order chi connectivity index (χ0) is 46.4. The Morgan fingerprint density at radius 2 is 0.928 bits per heavy atom. The summed E-state index contributed by atoms with van der Waals surface area (Å²) in [6, 6.07) is 78.7. The molecule has 0 atom stereocenters. The maximum Gasteiger partial charge on any atom is 0.416 e. The lowest BCUT2D eigenvalue weighted by atomic mass is 9.33. The molecule has 0 bridgehead atoms. The number of fused-ring (bicyclic) bond motifs is 7. The first kappa shape index (κ1) is 40.7. The van der Waals surface area contributed by atoms with Gasteiger partial charge in [-0.1, -0.05) is 145 Å². The molecule has 7 heteroatoms. The van der Waals surface area contributed by atoms with Crippen LogP contribution in [0.2, 0.25) is 0 Å². The maximum atomic E-state index is 14.3. The van der Waals surface area contributed by atoms with E-state index < -0.39 is 11.7 Å². The van der Waals surface area contributed by atoms with Crippen LogP contribution in [0.3, 0.4) is 0 Å². The Morgan fingerprint density at radius 3 is 1.59 bits per heavy atom. The van der Waals surface area contributed by atoms with Crippen molar-refractivity contribution in [1.82, 2.24) is 4.57 Å². The summed E-state index contributed by atoms with van der Waals surface area (Å²) in [4.78, 5) is 4.84. The number of para-hydroxylation sites is 5. The largest absolute Gasteiger partial charge is 0.416 e. The number of benzene rings is 10. The molecule has 3 nitrogen and oxygen atoms in total. The van der Waals surface area contributed by atoms with Gasteiger partial charge in [0.1, 0.15) is 0 Å². The third-order valence-corrected chi connectivity index (χ3v) is 14.0. The van der Waals surface area contributed by atoms with Gasteiger partial charge >= 0.3 is 6.18 Å². The number of nitrogens with zero attached hydrogens (tertiary/aromatic N) is 3. The van der Waals surface area contributed by atoms with E-state index in [9.17, 15) is 13.2 Å². The van der Waals surface area contributed by atoms with Gasteiger partial charge in [-0.25, -0.2) is 0 Å². The van der Waals surface area contributed by atoms with Crippen molar-refractivity contribution in [3.05, 3.63) is 242 Å². The van der Waals surface area contributed by atoms with Gasteiger partial charge in [0.2, 0.25) is 0 Å². The quantitative estimate of drug-likeness (QED) is 0.154. The van der Waals surface area contributed by atoms with Crippen molar-refractivity contribution < 1.29 is 13.2 Å². The number of hydrogen-bond donors (Lipinski definition) is 0. The van der Waals surface area contributed by atoms with Crippen molar-refractivity contribution in [1.29, 1.82) is 0 Å². The minimum Gasteiger partial charge on any atom is -0.311 e. The van der Waals surface area contributed by atoms with Crippen LogP contribution in [0.15, 0.2) is 231 Å². The van der Waals surface area contributed by atoms with Crippen LogP contribution in [0.25, 0.3) is 60.9 Å². The number of anilines is 6. The number of halogens is 3. The van der Waals surface area contributed by atoms with E-state index >= 15 is 0 Å². The minimum atomic E-state index is -4.49. The van der Waals surface area contributed by atoms with Crippen LogP contribution >= 0.6 is 0 Å². The summed E-state index contributed by atoms with van der Waals surface area (Å²) < 4.78 is 45.2. The van der Waals surface area contributed by atoms with Gasteiger partial charge in [-0.05, 0) is 142 Å². The second-order valence-electron chi connectivity index (χ2n) is 18.1. The minimum absolute atomic E-state index is 0.000143. The van der Waals surface area contributed by atoms with Crippen molar-refractivity contribution in [3.8, 4) is 39.1 Å². The van der Waals surface area contributed by atoms with E-state index in [1.165, 1.54) is 28.5 Å². The Labute approximate surface area is 398 Å². The molecule has 1 aromatic heterocycles. The lowest BCUT2D eigenvalue weighted by Gasteiger charge is -2.44. The van der Waals surface area contributed by atoms with E-state index in [2.05, 4.69) is 190 Å². The first-order valence-electron chi connectivity index (χ1n) is 23.3. The smallest absolute Gasteiger partial charge is 0.311 e. The number of alkyl halides is 3. The Hall–Kier alpha value is -8.55. The lowest BCUT2D eigenvalue weighted by Crippen LogP contribution is -2.61. The van der Waals surface area contributed by atoms with E-state index in [-0.39, 0.29) is 6.71 Å². The summed E-state index contributed by atoms with van der Waals surface area (Å²) >= 11 is 0. The molecule has 3 heterocycles. The maximum absolute atomic E-state index is 14.3. The Bertz CT molecular complexity index is 3710. The molecule has 0 saturated carbocycles. The molecule has 2 aliphatic heterocycles. The summed E-state index contributed by atoms with van der Waals surface area (Å²) in [5.74, 6) is 0. The van der Waals surface area contributed by atoms with E-state index in [1.807, 2.05) is 37.3 Å². The zero-order valence-electron chi connectivity index (χ0n) is 37.5. The molecule has 2 aliphatic rings. The van der Waals surface area contributed by atoms with Crippen molar-refractivity contribution in [2.24, 2.45) is 0 Å². The summed E-state index contributed by atoms with van der Waals surface area (Å²) in [6.07, 6.45) is -4.49. The predicted octanol–water partition coefficient (Wildman–Crippen LogP) is 15.2. The molecule has 0 amide bonds. The van der Waals surface area contributed by atoms with Crippen LogP contribution in [0.5, 0.6) is 0 Å². The van der Waals surface area contributed by atoms with Crippen molar-refractivity contribution in [2.45, 2.75) is 13.1 Å². The molecule has 0 fully saturated rings. The fraction of sp³-hybridized carbons (Fsp3) is 0.0323. The highest BCUT2D eigenvalue weighted by atomic mass is 19.4. The topological polar surface area (TPSA) is 11.4 Å². The van der Waals surface area contributed by atoms with Crippen LogP contribution in [-0.2, 0) is 6.18 Å². The fourth-order valence-electron chi connectivity index (χ4n) is 11.0. The van der Waals surface area contributed by atoms with E-state index in [1.54, 1.807) is 6.07 Å². The normalized spacial score (nSPS) is 12.8. The van der Waals surface area contributed by atoms with Gasteiger partial charge in [0.15, 0.2) is 0 Å². The average molecular weight is 896 g/mol. The van der Waals surface area contributed by atoms with Gasteiger partial charge in [-0.2, -0.15) is 13.2 Å². The highest BCUT2D eigenvalue weighted by Gasteiger charge is 2.43. The highest BCUT2D eigenvalue weighted by Crippen LogP contribution is 2.47. The van der Waals surface area contributed by atoms with Crippen LogP contribution in [0.1, 0.15) is 11.1 Å². The Kier molecular flexibility index (Phi) is 9.31. The van der Waals surface area contributed by atoms with Gasteiger partial charge in [0.25, 0.3) is 6.71 Å². The van der Waals surface area contributed by atoms with Crippen LogP contribution in [0.4, 0.5) is 47.3 Å². The molecule has 0 N–H and O–H groups in total. The van der Waals surface area contributed by atoms with E-state index in [4.69, 9.17) is 0 Å². The third-order valence-electron chi connectivity index (χ3n) is 14.0. The second-order valence-corrected chi connectivity index (χ2v) is 18.1. The lowest BCUT2D eigenvalue weighted by molar-refractivity contribution is -0.137. The van der Waals surface area contributed by atoms with E-state index in [0.29, 0.717) is 11.1 Å². The van der Waals surface area contributed by atoms with Gasteiger partial charge in [-0.15, -0.1) is 0 Å². The van der Waals surface area contributed by atoms with Gasteiger partial charge in [0, 0.05) is 50.5 Å². The standard InChI is InChI=1S/C62H41BF3N3/c1-40-16-14-17-41(34-40)42-30-32-55(50(36-42)44-18-15-19-46(35-44)62(64,65)66)69-54-27-11-8-24-49(54)51-37-43(31-33-56(51)69)45-38-59-61-60(39-45)68(48-22-6-3-7-23-48)58-29-13-10-26-53(58)63(61)52-25-9-12-28-57(52)67(59)47-20-4-2-5-21-47/h2-39H,1H3. The fourth-order valence-corrected chi connectivity index (χ4v) is 11.0. The number of aromatic nitrogens is 1. The summed E-state index contributed by atoms with van der Waals surface area (Å²) in [7, 11) is 0. The number of hydrogen-bond acceptors (Lipinski definition) is 2. The first-order valence-corrected chi connectivity index (χ1v) is 23.3. The molecule has 0 spiro atoms. The van der Waals surface area contributed by atoms with Crippen molar-refractivity contribution in [3.63, 3.8) is 0 Å². The molecule has 11 aromatic rings. The molecule has 10 aromatic carbocycles. The molecular weight excluding hydrogens is 855 g/mol. The predicted molar refractivity (Wildman–Crippen MR) is 281 cm³/mol. The van der Waals surface area contributed by atoms with Gasteiger partial charge in [-0.3, -0.25) is 0 Å². The number of rotatable bonds is 6. The van der Waals surface area contributed by atoms with Gasteiger partial charge in [0.05, 0.1) is 22.3 Å². The van der Waals surface area contributed by atoms with Crippen molar-refractivity contribution in [2.75, 3.05) is 9.80 Å². The number of aryl methyl sites for hydroxylation is 1. The molecule has 0 aliphatic carbocycles. The Balaban J connectivity index is 1.06. The Morgan fingerprint density at radius 1 is 0.377 bits per heavy atom. The molecular formula is C62H41BF3N3. The highest BCUT2D eigenvalue weighted by molar-refractivity contribution is 7.00. The molecule has 328 valence electrons. The average Bonchev–Trinajstić information content (AvgIpc) is 3.72. The first-order chi connectivity index (χ1) is 33.8. The molecule has 69 heavy (non-hydrogen) atoms. The molecule has 0 unspecified atom stereocenters.